The topological polar surface area (TPSA) is 53.6 Å². The van der Waals surface area contributed by atoms with E-state index >= 15 is 0 Å². The summed E-state index contributed by atoms with van der Waals surface area (Å²) in [7, 11) is 0. The van der Waals surface area contributed by atoms with Gasteiger partial charge in [0.1, 0.15) is 12.4 Å². The van der Waals surface area contributed by atoms with Crippen LogP contribution in [0.4, 0.5) is 0 Å². The van der Waals surface area contributed by atoms with Crippen molar-refractivity contribution < 1.29 is 9.53 Å². The maximum Gasteiger partial charge on any atom is 0.255 e. The summed E-state index contributed by atoms with van der Waals surface area (Å²) >= 11 is 0. The molecule has 6 heteroatoms. The Morgan fingerprint density at radius 3 is 2.83 bits per heavy atom. The summed E-state index contributed by atoms with van der Waals surface area (Å²) < 4.78 is 5.51. The van der Waals surface area contributed by atoms with Gasteiger partial charge < -0.3 is 20.3 Å². The highest BCUT2D eigenvalue weighted by Crippen LogP contribution is 2.17. The lowest BCUT2D eigenvalue weighted by atomic mass is 10.2. The fraction of sp³-hybridized carbons (Fsp3) is 0.471. The van der Waals surface area contributed by atoms with E-state index in [9.17, 15) is 4.79 Å². The van der Waals surface area contributed by atoms with Crippen molar-refractivity contribution in [2.24, 2.45) is 0 Å². The van der Waals surface area contributed by atoms with Gasteiger partial charge in [-0.1, -0.05) is 24.8 Å². The minimum atomic E-state index is -0.0834. The van der Waals surface area contributed by atoms with Crippen LogP contribution < -0.4 is 15.4 Å². The molecule has 1 saturated heterocycles. The molecule has 0 radical (unpaired) electrons. The van der Waals surface area contributed by atoms with Crippen LogP contribution >= 0.6 is 12.4 Å². The molecular formula is C17H26ClN3O2. The van der Waals surface area contributed by atoms with Gasteiger partial charge in [0.05, 0.1) is 5.56 Å². The van der Waals surface area contributed by atoms with E-state index in [1.54, 1.807) is 18.2 Å². The molecule has 1 aromatic carbocycles. The molecule has 0 atom stereocenters. The first-order chi connectivity index (χ1) is 10.8. The Hall–Kier alpha value is -1.56. The van der Waals surface area contributed by atoms with Crippen LogP contribution in [0.2, 0.25) is 0 Å². The quantitative estimate of drug-likeness (QED) is 0.559. The highest BCUT2D eigenvalue weighted by molar-refractivity contribution is 5.96. The fourth-order valence-corrected chi connectivity index (χ4v) is 2.46. The van der Waals surface area contributed by atoms with Gasteiger partial charge in [0.25, 0.3) is 5.91 Å². The predicted octanol–water partition coefficient (Wildman–Crippen LogP) is 1.70. The first-order valence-electron chi connectivity index (χ1n) is 7.85. The van der Waals surface area contributed by atoms with Crippen LogP contribution in [0, 0.1) is 0 Å². The number of ether oxygens (including phenoxy) is 1. The lowest BCUT2D eigenvalue weighted by molar-refractivity contribution is 0.0947. The van der Waals surface area contributed by atoms with E-state index in [0.29, 0.717) is 24.5 Å². The van der Waals surface area contributed by atoms with Crippen molar-refractivity contribution in [2.75, 3.05) is 45.9 Å². The van der Waals surface area contributed by atoms with Gasteiger partial charge >= 0.3 is 0 Å². The van der Waals surface area contributed by atoms with Gasteiger partial charge in [-0.05, 0) is 25.1 Å². The van der Waals surface area contributed by atoms with Gasteiger partial charge in [0.2, 0.25) is 0 Å². The van der Waals surface area contributed by atoms with Gasteiger partial charge in [-0.15, -0.1) is 12.4 Å². The maximum atomic E-state index is 12.2. The van der Waals surface area contributed by atoms with Crippen molar-refractivity contribution in [1.82, 2.24) is 15.5 Å². The lowest BCUT2D eigenvalue weighted by Gasteiger charge is -2.27. The van der Waals surface area contributed by atoms with Crippen molar-refractivity contribution in [3.8, 4) is 5.75 Å². The van der Waals surface area contributed by atoms with E-state index in [1.165, 1.54) is 0 Å². The van der Waals surface area contributed by atoms with Crippen molar-refractivity contribution >= 4 is 18.3 Å². The molecule has 1 amide bonds. The van der Waals surface area contributed by atoms with E-state index < -0.39 is 0 Å². The second-order valence-corrected chi connectivity index (χ2v) is 5.30. The summed E-state index contributed by atoms with van der Waals surface area (Å²) in [6, 6.07) is 7.29. The number of benzene rings is 1. The zero-order chi connectivity index (χ0) is 15.6. The Bertz CT molecular complexity index is 490. The fourth-order valence-electron chi connectivity index (χ4n) is 2.46. The summed E-state index contributed by atoms with van der Waals surface area (Å²) in [4.78, 5) is 14.7. The Labute approximate surface area is 144 Å². The standard InChI is InChI=1S/C17H25N3O2.ClH/c1-2-14-22-16-7-4-3-6-15(16)17(21)19-8-5-11-20-12-9-18-10-13-20;/h2-4,6-7,18H,1,5,8-14H2,(H,19,21);1H. The molecule has 0 aromatic heterocycles. The largest absolute Gasteiger partial charge is 0.489 e. The molecule has 0 spiro atoms. The molecule has 1 heterocycles. The number of hydrogen-bond donors (Lipinski definition) is 2. The van der Waals surface area contributed by atoms with Crippen LogP contribution in [0.15, 0.2) is 36.9 Å². The zero-order valence-electron chi connectivity index (χ0n) is 13.4. The minimum Gasteiger partial charge on any atom is -0.489 e. The van der Waals surface area contributed by atoms with Gasteiger partial charge in [0.15, 0.2) is 0 Å². The molecule has 0 bridgehead atoms. The molecule has 2 rings (SSSR count). The molecular weight excluding hydrogens is 314 g/mol. The van der Waals surface area contributed by atoms with E-state index in [2.05, 4.69) is 22.1 Å². The predicted molar refractivity (Wildman–Crippen MR) is 95.6 cm³/mol. The molecule has 1 aromatic rings. The molecule has 0 saturated carbocycles. The lowest BCUT2D eigenvalue weighted by Crippen LogP contribution is -2.44. The van der Waals surface area contributed by atoms with Gasteiger partial charge in [-0.25, -0.2) is 0 Å². The number of rotatable bonds is 8. The van der Waals surface area contributed by atoms with Crippen molar-refractivity contribution in [2.45, 2.75) is 6.42 Å². The number of nitrogens with one attached hydrogen (secondary N) is 2. The van der Waals surface area contributed by atoms with E-state index in [4.69, 9.17) is 4.74 Å². The number of amides is 1. The van der Waals surface area contributed by atoms with E-state index in [1.807, 2.05) is 12.1 Å². The second-order valence-electron chi connectivity index (χ2n) is 5.30. The number of carbonyl (C=O) groups is 1. The molecule has 1 aliphatic heterocycles. The molecule has 1 aliphatic rings. The van der Waals surface area contributed by atoms with Crippen LogP contribution in [0.1, 0.15) is 16.8 Å². The first kappa shape index (κ1) is 19.5. The smallest absolute Gasteiger partial charge is 0.255 e. The van der Waals surface area contributed by atoms with Crippen LogP contribution in [0.5, 0.6) is 5.75 Å². The molecule has 23 heavy (non-hydrogen) atoms. The highest BCUT2D eigenvalue weighted by atomic mass is 35.5. The van der Waals surface area contributed by atoms with Crippen LogP contribution in [0.3, 0.4) is 0 Å². The SMILES string of the molecule is C=CCOc1ccccc1C(=O)NCCCN1CCNCC1.Cl. The second kappa shape index (κ2) is 11.0. The maximum absolute atomic E-state index is 12.2. The Morgan fingerprint density at radius 1 is 1.35 bits per heavy atom. The zero-order valence-corrected chi connectivity index (χ0v) is 14.2. The van der Waals surface area contributed by atoms with Crippen LogP contribution in [-0.2, 0) is 0 Å². The number of halogens is 1. The Balaban J connectivity index is 0.00000264. The van der Waals surface area contributed by atoms with E-state index in [0.717, 1.165) is 39.1 Å². The van der Waals surface area contributed by atoms with Gasteiger partial charge in [-0.2, -0.15) is 0 Å². The average Bonchev–Trinajstić information content (AvgIpc) is 2.58. The number of nitrogens with zero attached hydrogens (tertiary/aromatic N) is 1. The highest BCUT2D eigenvalue weighted by Gasteiger charge is 2.12. The Kier molecular flexibility index (Phi) is 9.36. The summed E-state index contributed by atoms with van der Waals surface area (Å²) in [6.07, 6.45) is 2.63. The summed E-state index contributed by atoms with van der Waals surface area (Å²) in [6.45, 7) is 10.0. The molecule has 0 unspecified atom stereocenters. The molecule has 0 aliphatic carbocycles. The summed E-state index contributed by atoms with van der Waals surface area (Å²) in [5.74, 6) is 0.516. The third-order valence-electron chi connectivity index (χ3n) is 3.63. The van der Waals surface area contributed by atoms with Crippen molar-refractivity contribution in [1.29, 1.82) is 0 Å². The normalized spacial score (nSPS) is 14.6. The first-order valence-corrected chi connectivity index (χ1v) is 7.85. The number of piperazine rings is 1. The van der Waals surface area contributed by atoms with Gasteiger partial charge in [-0.3, -0.25) is 4.79 Å². The summed E-state index contributed by atoms with van der Waals surface area (Å²) in [5.41, 5.74) is 0.575. The third-order valence-corrected chi connectivity index (χ3v) is 3.63. The van der Waals surface area contributed by atoms with Crippen LogP contribution in [0.25, 0.3) is 0 Å². The monoisotopic (exact) mass is 339 g/mol. The van der Waals surface area contributed by atoms with Crippen molar-refractivity contribution in [3.63, 3.8) is 0 Å². The molecule has 5 nitrogen and oxygen atoms in total. The van der Waals surface area contributed by atoms with Crippen LogP contribution in [-0.4, -0.2) is 56.7 Å². The minimum absolute atomic E-state index is 0. The number of para-hydroxylation sites is 1. The van der Waals surface area contributed by atoms with Crippen molar-refractivity contribution in [3.05, 3.63) is 42.5 Å². The molecule has 1 fully saturated rings. The number of hydrogen-bond acceptors (Lipinski definition) is 4. The van der Waals surface area contributed by atoms with E-state index in [-0.39, 0.29) is 18.3 Å². The summed E-state index contributed by atoms with van der Waals surface area (Å²) in [5, 5.41) is 6.30. The Morgan fingerprint density at radius 2 is 2.09 bits per heavy atom. The molecule has 2 N–H and O–H groups in total. The third kappa shape index (κ3) is 6.60. The number of carbonyl (C=O) groups excluding carboxylic acids is 1. The average molecular weight is 340 g/mol. The van der Waals surface area contributed by atoms with Gasteiger partial charge in [0, 0.05) is 32.7 Å². The molecule has 128 valence electrons.